The number of aryl methyl sites for hydroxylation is 1. The molecule has 1 aromatic rings. The highest BCUT2D eigenvalue weighted by molar-refractivity contribution is 5.59. The monoisotopic (exact) mass is 285 g/mol. The number of hydrogen-bond acceptors (Lipinski definition) is 8. The molecule has 1 fully saturated rings. The van der Waals surface area contributed by atoms with Crippen LogP contribution in [0.5, 0.6) is 0 Å². The fraction of sp³-hybridized carbons (Fsp3) is 0.500. The van der Waals surface area contributed by atoms with Crippen LogP contribution in [0.3, 0.4) is 0 Å². The molecule has 5 N–H and O–H groups in total. The first-order valence-corrected chi connectivity index (χ1v) is 6.10. The van der Waals surface area contributed by atoms with Crippen molar-refractivity contribution >= 4 is 11.4 Å². The predicted octanol–water partition coefficient (Wildman–Crippen LogP) is -0.461. The lowest BCUT2D eigenvalue weighted by molar-refractivity contribution is -0.0153. The maximum atomic E-state index is 10.8. The van der Waals surface area contributed by atoms with Gasteiger partial charge in [-0.25, -0.2) is 0 Å². The van der Waals surface area contributed by atoms with Crippen molar-refractivity contribution < 1.29 is 25.3 Å². The van der Waals surface area contributed by atoms with Crippen LogP contribution in [0, 0.1) is 12.1 Å². The molecule has 20 heavy (non-hydrogen) atoms. The normalized spacial score (nSPS) is 29.5. The molecule has 0 bridgehead atoms. The molecule has 112 valence electrons. The predicted molar refractivity (Wildman–Crippen MR) is 70.2 cm³/mol. The first-order chi connectivity index (χ1) is 9.43. The Morgan fingerprint density at radius 3 is 2.55 bits per heavy atom. The Morgan fingerprint density at radius 1 is 1.35 bits per heavy atom. The molecule has 0 amide bonds. The van der Waals surface area contributed by atoms with Gasteiger partial charge in [-0.15, -0.1) is 0 Å². The molecule has 4 atom stereocenters. The van der Waals surface area contributed by atoms with E-state index in [0.29, 0.717) is 11.3 Å². The van der Waals surface area contributed by atoms with Crippen LogP contribution in [-0.4, -0.2) is 51.7 Å². The molecule has 1 heterocycles. The zero-order chi connectivity index (χ0) is 14.9. The fourth-order valence-electron chi connectivity index (χ4n) is 2.10. The van der Waals surface area contributed by atoms with E-state index < -0.39 is 31.1 Å². The standard InChI is InChI=1S/C12H17N2O6/c1-6-4-7(14(18)19)2-3-8(6)13-12-11(17)10(16)9(5-15)20-12/h2-4,9-13,15-18H,5H2,1H3/q-1/t9-,10-,11-,12?/m1/s1. The molecule has 8 nitrogen and oxygen atoms in total. The van der Waals surface area contributed by atoms with Crippen molar-refractivity contribution in [3.05, 3.63) is 29.0 Å². The molecule has 1 aliphatic heterocycles. The first-order valence-electron chi connectivity index (χ1n) is 6.10. The number of ether oxygens (including phenoxy) is 1. The number of aliphatic hydroxyl groups is 3. The summed E-state index contributed by atoms with van der Waals surface area (Å²) in [5.74, 6) is 0. The van der Waals surface area contributed by atoms with Gasteiger partial charge in [-0.1, -0.05) is 0 Å². The Labute approximate surface area is 115 Å². The van der Waals surface area contributed by atoms with Crippen LogP contribution in [0.4, 0.5) is 11.4 Å². The van der Waals surface area contributed by atoms with Crippen LogP contribution in [-0.2, 0) is 4.74 Å². The molecular weight excluding hydrogens is 268 g/mol. The van der Waals surface area contributed by atoms with Crippen molar-refractivity contribution in [2.24, 2.45) is 0 Å². The molecule has 1 aromatic carbocycles. The lowest BCUT2D eigenvalue weighted by atomic mass is 10.1. The zero-order valence-corrected chi connectivity index (χ0v) is 10.8. The fourth-order valence-corrected chi connectivity index (χ4v) is 2.10. The number of nitrogens with one attached hydrogen (secondary N) is 1. The van der Waals surface area contributed by atoms with E-state index in [0.717, 1.165) is 0 Å². The molecule has 0 saturated carbocycles. The maximum Gasteiger partial charge on any atom is 0.157 e. The van der Waals surface area contributed by atoms with E-state index in [1.54, 1.807) is 13.0 Å². The zero-order valence-electron chi connectivity index (χ0n) is 10.8. The van der Waals surface area contributed by atoms with Crippen molar-refractivity contribution in [2.45, 2.75) is 31.5 Å². The van der Waals surface area contributed by atoms with Crippen LogP contribution in [0.25, 0.3) is 0 Å². The lowest BCUT2D eigenvalue weighted by Gasteiger charge is -2.24. The largest absolute Gasteiger partial charge is 0.733 e. The molecule has 0 aliphatic carbocycles. The second kappa shape index (κ2) is 5.92. The van der Waals surface area contributed by atoms with Crippen molar-refractivity contribution in [1.29, 1.82) is 0 Å². The van der Waals surface area contributed by atoms with E-state index in [4.69, 9.17) is 15.1 Å². The summed E-state index contributed by atoms with van der Waals surface area (Å²) >= 11 is 0. The topological polar surface area (TPSA) is 128 Å². The van der Waals surface area contributed by atoms with Gasteiger partial charge in [0.1, 0.15) is 18.3 Å². The third-order valence-electron chi connectivity index (χ3n) is 3.27. The number of hydrogen-bond donors (Lipinski definition) is 5. The molecule has 0 spiro atoms. The Hall–Kier alpha value is -1.42. The molecule has 0 radical (unpaired) electrons. The smallest absolute Gasteiger partial charge is 0.157 e. The molecule has 2 rings (SSSR count). The Morgan fingerprint density at radius 2 is 2.05 bits per heavy atom. The van der Waals surface area contributed by atoms with E-state index in [2.05, 4.69) is 5.32 Å². The summed E-state index contributed by atoms with van der Waals surface area (Å²) in [6.45, 7) is 1.31. The van der Waals surface area contributed by atoms with Crippen LogP contribution in [0.2, 0.25) is 0 Å². The summed E-state index contributed by atoms with van der Waals surface area (Å²) in [6.07, 6.45) is -4.08. The average Bonchev–Trinajstić information content (AvgIpc) is 2.68. The minimum Gasteiger partial charge on any atom is -0.733 e. The lowest BCUT2D eigenvalue weighted by Crippen LogP contribution is -2.36. The van der Waals surface area contributed by atoms with Gasteiger partial charge in [-0.3, -0.25) is 5.21 Å². The summed E-state index contributed by atoms with van der Waals surface area (Å²) in [5, 5.41) is 50.6. The first kappa shape index (κ1) is 15.0. The van der Waals surface area contributed by atoms with Crippen molar-refractivity contribution in [3.63, 3.8) is 0 Å². The van der Waals surface area contributed by atoms with Crippen LogP contribution >= 0.6 is 0 Å². The minimum absolute atomic E-state index is 0.0780. The van der Waals surface area contributed by atoms with Gasteiger partial charge in [-0.05, 0) is 30.7 Å². The third kappa shape index (κ3) is 2.85. The van der Waals surface area contributed by atoms with Gasteiger partial charge in [0.2, 0.25) is 0 Å². The highest BCUT2D eigenvalue weighted by Crippen LogP contribution is 2.26. The Balaban J connectivity index is 2.11. The number of rotatable bonds is 4. The van der Waals surface area contributed by atoms with Gasteiger partial charge in [0.15, 0.2) is 6.23 Å². The minimum atomic E-state index is -1.18. The number of anilines is 2. The average molecular weight is 285 g/mol. The molecule has 1 aliphatic rings. The number of nitrogens with zero attached hydrogens (tertiary/aromatic N) is 1. The van der Waals surface area contributed by atoms with Crippen molar-refractivity contribution in [1.82, 2.24) is 0 Å². The molecule has 8 heteroatoms. The van der Waals surface area contributed by atoms with Gasteiger partial charge in [0.05, 0.1) is 12.3 Å². The summed E-state index contributed by atoms with van der Waals surface area (Å²) in [4.78, 5) is 0. The third-order valence-corrected chi connectivity index (χ3v) is 3.27. The van der Waals surface area contributed by atoms with Crippen molar-refractivity contribution in [3.8, 4) is 0 Å². The van der Waals surface area contributed by atoms with Gasteiger partial charge in [0.25, 0.3) is 0 Å². The SMILES string of the molecule is Cc1cc(N([O-])O)ccc1NC1O[C@H](CO)[C@@H](O)[C@H]1O. The van der Waals surface area contributed by atoms with E-state index in [1.807, 2.05) is 0 Å². The van der Waals surface area contributed by atoms with Crippen molar-refractivity contribution in [2.75, 3.05) is 17.2 Å². The van der Waals surface area contributed by atoms with E-state index >= 15 is 0 Å². The Bertz CT molecular complexity index is 469. The second-order valence-electron chi connectivity index (χ2n) is 4.68. The van der Waals surface area contributed by atoms with Crippen LogP contribution in [0.15, 0.2) is 18.2 Å². The summed E-state index contributed by atoms with van der Waals surface area (Å²) in [6, 6.07) is 4.39. The second-order valence-corrected chi connectivity index (χ2v) is 4.68. The number of benzene rings is 1. The van der Waals surface area contributed by atoms with Gasteiger partial charge >= 0.3 is 0 Å². The van der Waals surface area contributed by atoms with Crippen LogP contribution < -0.4 is 10.5 Å². The highest BCUT2D eigenvalue weighted by atomic mass is 16.8. The number of aliphatic hydroxyl groups excluding tert-OH is 3. The summed E-state index contributed by atoms with van der Waals surface area (Å²) < 4.78 is 5.29. The molecule has 0 aromatic heterocycles. The van der Waals surface area contributed by atoms with E-state index in [1.165, 1.54) is 12.1 Å². The molecular formula is C12H17N2O6-. The summed E-state index contributed by atoms with van der Waals surface area (Å²) in [5.41, 5.74) is 1.30. The summed E-state index contributed by atoms with van der Waals surface area (Å²) in [7, 11) is 0. The van der Waals surface area contributed by atoms with E-state index in [-0.39, 0.29) is 10.9 Å². The van der Waals surface area contributed by atoms with Gasteiger partial charge in [0, 0.05) is 5.69 Å². The molecule has 1 unspecified atom stereocenters. The quantitative estimate of drug-likeness (QED) is 0.470. The van der Waals surface area contributed by atoms with Crippen LogP contribution in [0.1, 0.15) is 5.56 Å². The molecule has 1 saturated heterocycles. The highest BCUT2D eigenvalue weighted by Gasteiger charge is 2.42. The maximum absolute atomic E-state index is 10.8. The van der Waals surface area contributed by atoms with Gasteiger partial charge in [-0.2, -0.15) is 0 Å². The van der Waals surface area contributed by atoms with Gasteiger partial charge < -0.3 is 35.8 Å². The Kier molecular flexibility index (Phi) is 4.43. The van der Waals surface area contributed by atoms with E-state index in [9.17, 15) is 15.4 Å².